The summed E-state index contributed by atoms with van der Waals surface area (Å²) in [5, 5.41) is 3.57. The molecule has 1 aliphatic rings. The molecule has 1 atom stereocenters. The third-order valence-electron chi connectivity index (χ3n) is 4.27. The third kappa shape index (κ3) is 9.65. The molecule has 0 spiro atoms. The van der Waals surface area contributed by atoms with Crippen LogP contribution in [0.25, 0.3) is 0 Å². The Morgan fingerprint density at radius 1 is 1.00 bits per heavy atom. The van der Waals surface area contributed by atoms with Crippen molar-refractivity contribution in [2.45, 2.75) is 79.1 Å². The maximum Gasteiger partial charge on any atom is 0.0704 e. The minimum absolute atomic E-state index is 0.232. The molecule has 1 saturated carbocycles. The average molecular weight is 330 g/mol. The highest BCUT2D eigenvalue weighted by atomic mass is 16.5. The highest BCUT2D eigenvalue weighted by molar-refractivity contribution is 4.81. The topological polar surface area (TPSA) is 39.7 Å². The summed E-state index contributed by atoms with van der Waals surface area (Å²) in [4.78, 5) is 0. The molecule has 1 aliphatic carbocycles. The van der Waals surface area contributed by atoms with Crippen molar-refractivity contribution in [1.29, 1.82) is 0 Å². The summed E-state index contributed by atoms with van der Waals surface area (Å²) in [5.74, 6) is 0.682. The van der Waals surface area contributed by atoms with Gasteiger partial charge in [0.1, 0.15) is 0 Å². The summed E-state index contributed by atoms with van der Waals surface area (Å²) >= 11 is 0. The van der Waals surface area contributed by atoms with Gasteiger partial charge in [0, 0.05) is 12.6 Å². The van der Waals surface area contributed by atoms with Gasteiger partial charge in [-0.05, 0) is 30.6 Å². The molecular formula is C19H39NO3. The number of rotatable bonds is 12. The molecule has 0 radical (unpaired) electrons. The van der Waals surface area contributed by atoms with Crippen LogP contribution in [0.5, 0.6) is 0 Å². The Labute approximate surface area is 143 Å². The van der Waals surface area contributed by atoms with Crippen LogP contribution < -0.4 is 5.32 Å². The maximum absolute atomic E-state index is 5.88. The molecule has 0 heterocycles. The summed E-state index contributed by atoms with van der Waals surface area (Å²) in [5.41, 5.74) is 0.232. The fourth-order valence-electron chi connectivity index (χ4n) is 2.76. The Bertz CT molecular complexity index is 295. The van der Waals surface area contributed by atoms with Crippen LogP contribution >= 0.6 is 0 Å². The Hall–Kier alpha value is -0.160. The Kier molecular flexibility index (Phi) is 9.67. The van der Waals surface area contributed by atoms with Crippen LogP contribution in [0.3, 0.4) is 0 Å². The molecule has 1 unspecified atom stereocenters. The van der Waals surface area contributed by atoms with Gasteiger partial charge in [0.2, 0.25) is 0 Å². The van der Waals surface area contributed by atoms with Gasteiger partial charge in [0.25, 0.3) is 0 Å². The molecule has 1 fully saturated rings. The summed E-state index contributed by atoms with van der Waals surface area (Å²) < 4.78 is 17.3. The minimum atomic E-state index is 0.232. The monoisotopic (exact) mass is 329 g/mol. The predicted molar refractivity (Wildman–Crippen MR) is 95.9 cm³/mol. The van der Waals surface area contributed by atoms with Gasteiger partial charge in [-0.1, -0.05) is 41.5 Å². The van der Waals surface area contributed by atoms with E-state index in [1.54, 1.807) is 0 Å². The summed E-state index contributed by atoms with van der Waals surface area (Å²) in [6.45, 7) is 17.2. The second-order valence-electron chi connectivity index (χ2n) is 8.28. The second-order valence-corrected chi connectivity index (χ2v) is 8.28. The van der Waals surface area contributed by atoms with Crippen LogP contribution in [-0.2, 0) is 14.2 Å². The van der Waals surface area contributed by atoms with Gasteiger partial charge in [-0.2, -0.15) is 0 Å². The van der Waals surface area contributed by atoms with Crippen LogP contribution in [0.1, 0.15) is 60.8 Å². The predicted octanol–water partition coefficient (Wildman–Crippen LogP) is 3.64. The van der Waals surface area contributed by atoms with E-state index in [2.05, 4.69) is 46.9 Å². The van der Waals surface area contributed by atoms with Gasteiger partial charge in [-0.25, -0.2) is 0 Å². The summed E-state index contributed by atoms with van der Waals surface area (Å²) in [6, 6.07) is 0.601. The number of nitrogens with one attached hydrogen (secondary N) is 1. The van der Waals surface area contributed by atoms with Crippen molar-refractivity contribution in [1.82, 2.24) is 5.32 Å². The normalized spacial score (nSPS) is 23.1. The molecule has 23 heavy (non-hydrogen) atoms. The highest BCUT2D eigenvalue weighted by Gasteiger charge is 2.30. The fraction of sp³-hybridized carbons (Fsp3) is 1.00. The first-order valence-electron chi connectivity index (χ1n) is 9.36. The highest BCUT2D eigenvalue weighted by Crippen LogP contribution is 2.26. The lowest BCUT2D eigenvalue weighted by Crippen LogP contribution is -2.41. The SMILES string of the molecule is CCC(NCCO[C@H]1C[C@H](OCCOCC(C)(C)C)C1)C(C)C. The molecular weight excluding hydrogens is 290 g/mol. The van der Waals surface area contributed by atoms with Crippen LogP contribution in [-0.4, -0.2) is 51.2 Å². The molecule has 0 aliphatic heterocycles. The van der Waals surface area contributed by atoms with Crippen molar-refractivity contribution in [2.24, 2.45) is 11.3 Å². The molecule has 4 nitrogen and oxygen atoms in total. The summed E-state index contributed by atoms with van der Waals surface area (Å²) in [7, 11) is 0. The summed E-state index contributed by atoms with van der Waals surface area (Å²) in [6.07, 6.45) is 3.98. The molecule has 0 aromatic carbocycles. The van der Waals surface area contributed by atoms with E-state index in [1.807, 2.05) is 0 Å². The third-order valence-corrected chi connectivity index (χ3v) is 4.27. The first kappa shape index (κ1) is 20.9. The maximum atomic E-state index is 5.88. The Balaban J connectivity index is 1.91. The van der Waals surface area contributed by atoms with Crippen molar-refractivity contribution in [2.75, 3.05) is 33.0 Å². The average Bonchev–Trinajstić information content (AvgIpc) is 2.40. The van der Waals surface area contributed by atoms with E-state index in [9.17, 15) is 0 Å². The van der Waals surface area contributed by atoms with Gasteiger partial charge < -0.3 is 19.5 Å². The molecule has 0 aromatic rings. The van der Waals surface area contributed by atoms with E-state index in [4.69, 9.17) is 14.2 Å². The Morgan fingerprint density at radius 2 is 1.61 bits per heavy atom. The van der Waals surface area contributed by atoms with E-state index in [0.29, 0.717) is 37.4 Å². The van der Waals surface area contributed by atoms with Gasteiger partial charge >= 0.3 is 0 Å². The standard InChI is InChI=1S/C19H39NO3/c1-7-18(15(2)3)20-8-9-22-16-12-17(13-16)23-11-10-21-14-19(4,5)6/h15-18,20H,7-14H2,1-6H3/t16-,17-,18?. The number of ether oxygens (including phenoxy) is 3. The van der Waals surface area contributed by atoms with Crippen LogP contribution in [0.2, 0.25) is 0 Å². The lowest BCUT2D eigenvalue weighted by molar-refractivity contribution is -0.110. The lowest BCUT2D eigenvalue weighted by atomic mass is 9.92. The zero-order valence-corrected chi connectivity index (χ0v) is 16.2. The van der Waals surface area contributed by atoms with Crippen molar-refractivity contribution in [3.63, 3.8) is 0 Å². The van der Waals surface area contributed by atoms with E-state index in [-0.39, 0.29) is 5.41 Å². The largest absolute Gasteiger partial charge is 0.379 e. The van der Waals surface area contributed by atoms with E-state index in [1.165, 1.54) is 6.42 Å². The quantitative estimate of drug-likeness (QED) is 0.555. The second kappa shape index (κ2) is 10.7. The van der Waals surface area contributed by atoms with Gasteiger partial charge in [-0.3, -0.25) is 0 Å². The molecule has 138 valence electrons. The van der Waals surface area contributed by atoms with Gasteiger partial charge in [-0.15, -0.1) is 0 Å². The van der Waals surface area contributed by atoms with E-state index >= 15 is 0 Å². The lowest BCUT2D eigenvalue weighted by Gasteiger charge is -2.35. The first-order chi connectivity index (χ1) is 10.8. The van der Waals surface area contributed by atoms with E-state index < -0.39 is 0 Å². The van der Waals surface area contributed by atoms with Crippen LogP contribution in [0.15, 0.2) is 0 Å². The molecule has 0 amide bonds. The fourth-order valence-corrected chi connectivity index (χ4v) is 2.76. The van der Waals surface area contributed by atoms with Gasteiger partial charge in [0.05, 0.1) is 38.6 Å². The minimum Gasteiger partial charge on any atom is -0.379 e. The van der Waals surface area contributed by atoms with Crippen molar-refractivity contribution in [3.05, 3.63) is 0 Å². The van der Waals surface area contributed by atoms with Crippen molar-refractivity contribution < 1.29 is 14.2 Å². The van der Waals surface area contributed by atoms with Crippen molar-refractivity contribution in [3.8, 4) is 0 Å². The molecule has 0 saturated heterocycles. The van der Waals surface area contributed by atoms with Gasteiger partial charge in [0.15, 0.2) is 0 Å². The van der Waals surface area contributed by atoms with E-state index in [0.717, 1.165) is 32.6 Å². The zero-order chi connectivity index (χ0) is 17.3. The first-order valence-corrected chi connectivity index (χ1v) is 9.36. The molecule has 0 aromatic heterocycles. The number of hydrogen-bond donors (Lipinski definition) is 1. The smallest absolute Gasteiger partial charge is 0.0704 e. The molecule has 4 heteroatoms. The number of hydrogen-bond acceptors (Lipinski definition) is 4. The van der Waals surface area contributed by atoms with Crippen LogP contribution in [0.4, 0.5) is 0 Å². The van der Waals surface area contributed by atoms with Crippen LogP contribution in [0, 0.1) is 11.3 Å². The van der Waals surface area contributed by atoms with Crippen molar-refractivity contribution >= 4 is 0 Å². The molecule has 1 rings (SSSR count). The zero-order valence-electron chi connectivity index (χ0n) is 16.2. The molecule has 1 N–H and O–H groups in total. The Morgan fingerprint density at radius 3 is 2.13 bits per heavy atom. The molecule has 0 bridgehead atoms.